The van der Waals surface area contributed by atoms with E-state index in [2.05, 4.69) is 29.0 Å². The van der Waals surface area contributed by atoms with E-state index < -0.39 is 0 Å². The lowest BCUT2D eigenvalue weighted by molar-refractivity contribution is 0.102. The van der Waals surface area contributed by atoms with Crippen LogP contribution in [0.5, 0.6) is 0 Å². The Balaban J connectivity index is 2.22. The molecule has 0 fully saturated rings. The van der Waals surface area contributed by atoms with Gasteiger partial charge in [0.05, 0.1) is 5.56 Å². The minimum Gasteiger partial charge on any atom is -0.349 e. The summed E-state index contributed by atoms with van der Waals surface area (Å²) in [5.74, 6) is -0.0447. The monoisotopic (exact) mass is 299 g/mol. The normalized spacial score (nSPS) is 10.7. The van der Waals surface area contributed by atoms with Crippen LogP contribution in [0.1, 0.15) is 41.2 Å². The van der Waals surface area contributed by atoms with E-state index in [-0.39, 0.29) is 5.91 Å². The average Bonchev–Trinajstić information content (AvgIpc) is 2.80. The maximum atomic E-state index is 12.6. The molecule has 4 nitrogen and oxygen atoms in total. The molecule has 2 rings (SSSR count). The SMILES string of the molecule is CCNCc1ccccc1NC(=O)c1cc(C)n(CC)c1C. The summed E-state index contributed by atoms with van der Waals surface area (Å²) >= 11 is 0. The van der Waals surface area contributed by atoms with E-state index in [1.165, 1.54) is 0 Å². The molecule has 0 bridgehead atoms. The first kappa shape index (κ1) is 16.3. The zero-order valence-electron chi connectivity index (χ0n) is 13.9. The lowest BCUT2D eigenvalue weighted by Gasteiger charge is -2.11. The third-order valence-electron chi connectivity index (χ3n) is 3.97. The zero-order chi connectivity index (χ0) is 16.1. The number of aromatic nitrogens is 1. The number of benzene rings is 1. The van der Waals surface area contributed by atoms with Gasteiger partial charge in [0.25, 0.3) is 5.91 Å². The minimum atomic E-state index is -0.0447. The molecule has 0 radical (unpaired) electrons. The van der Waals surface area contributed by atoms with Crippen LogP contribution in [-0.2, 0) is 13.1 Å². The van der Waals surface area contributed by atoms with Crippen molar-refractivity contribution in [1.82, 2.24) is 9.88 Å². The van der Waals surface area contributed by atoms with Crippen molar-refractivity contribution >= 4 is 11.6 Å². The van der Waals surface area contributed by atoms with Gasteiger partial charge in [-0.15, -0.1) is 0 Å². The van der Waals surface area contributed by atoms with Crippen LogP contribution in [-0.4, -0.2) is 17.0 Å². The molecule has 2 N–H and O–H groups in total. The fraction of sp³-hybridized carbons (Fsp3) is 0.389. The molecule has 118 valence electrons. The van der Waals surface area contributed by atoms with Crippen LogP contribution in [0.2, 0.25) is 0 Å². The lowest BCUT2D eigenvalue weighted by Crippen LogP contribution is -2.17. The van der Waals surface area contributed by atoms with Crippen molar-refractivity contribution in [3.05, 3.63) is 52.8 Å². The maximum absolute atomic E-state index is 12.6. The number of hydrogen-bond donors (Lipinski definition) is 2. The number of anilines is 1. The number of nitrogens with one attached hydrogen (secondary N) is 2. The van der Waals surface area contributed by atoms with Crippen LogP contribution in [0.4, 0.5) is 5.69 Å². The highest BCUT2D eigenvalue weighted by atomic mass is 16.1. The third-order valence-corrected chi connectivity index (χ3v) is 3.97. The first-order chi connectivity index (χ1) is 10.6. The number of carbonyl (C=O) groups is 1. The number of para-hydroxylation sites is 1. The molecule has 1 aromatic heterocycles. The van der Waals surface area contributed by atoms with Crippen molar-refractivity contribution < 1.29 is 4.79 Å². The highest BCUT2D eigenvalue weighted by molar-refractivity contribution is 6.05. The topological polar surface area (TPSA) is 46.1 Å². The Morgan fingerprint density at radius 1 is 1.18 bits per heavy atom. The Labute approximate surface area is 132 Å². The molecule has 22 heavy (non-hydrogen) atoms. The van der Waals surface area contributed by atoms with Crippen LogP contribution in [0.15, 0.2) is 30.3 Å². The quantitative estimate of drug-likeness (QED) is 0.857. The van der Waals surface area contributed by atoms with Crippen molar-refractivity contribution in [2.45, 2.75) is 40.8 Å². The number of aryl methyl sites for hydroxylation is 1. The molecule has 0 aliphatic rings. The molecule has 0 spiro atoms. The summed E-state index contributed by atoms with van der Waals surface area (Å²) in [6, 6.07) is 9.88. The standard InChI is InChI=1S/C18H25N3O/c1-5-19-12-15-9-7-8-10-17(15)20-18(22)16-11-13(3)21(6-2)14(16)4/h7-11,19H,5-6,12H2,1-4H3,(H,20,22). The fourth-order valence-corrected chi connectivity index (χ4v) is 2.76. The number of carbonyl (C=O) groups excluding carboxylic acids is 1. The number of nitrogens with zero attached hydrogens (tertiary/aromatic N) is 1. The number of amides is 1. The molecule has 0 aliphatic heterocycles. The Morgan fingerprint density at radius 2 is 1.91 bits per heavy atom. The Kier molecular flexibility index (Phi) is 5.39. The van der Waals surface area contributed by atoms with Crippen LogP contribution in [0.3, 0.4) is 0 Å². The van der Waals surface area contributed by atoms with Crippen molar-refractivity contribution in [2.24, 2.45) is 0 Å². The van der Waals surface area contributed by atoms with Crippen LogP contribution < -0.4 is 10.6 Å². The number of rotatable bonds is 6. The maximum Gasteiger partial charge on any atom is 0.257 e. The van der Waals surface area contributed by atoms with Crippen LogP contribution in [0, 0.1) is 13.8 Å². The van der Waals surface area contributed by atoms with Crippen molar-refractivity contribution in [3.63, 3.8) is 0 Å². The summed E-state index contributed by atoms with van der Waals surface area (Å²) in [6.07, 6.45) is 0. The first-order valence-electron chi connectivity index (χ1n) is 7.85. The minimum absolute atomic E-state index is 0.0447. The molecule has 0 atom stereocenters. The molecule has 1 heterocycles. The second kappa shape index (κ2) is 7.27. The summed E-state index contributed by atoms with van der Waals surface area (Å²) in [6.45, 7) is 10.7. The second-order valence-electron chi connectivity index (χ2n) is 5.42. The summed E-state index contributed by atoms with van der Waals surface area (Å²) in [5, 5.41) is 6.35. The highest BCUT2D eigenvalue weighted by Gasteiger charge is 2.16. The Bertz CT molecular complexity index is 658. The average molecular weight is 299 g/mol. The van der Waals surface area contributed by atoms with E-state index in [1.54, 1.807) is 0 Å². The third kappa shape index (κ3) is 3.39. The van der Waals surface area contributed by atoms with Gasteiger partial charge in [0, 0.05) is 30.2 Å². The predicted octanol–water partition coefficient (Wildman–Crippen LogP) is 3.49. The van der Waals surface area contributed by atoms with E-state index in [9.17, 15) is 4.79 Å². The van der Waals surface area contributed by atoms with Crippen LogP contribution >= 0.6 is 0 Å². The molecule has 0 saturated heterocycles. The van der Waals surface area contributed by atoms with E-state index in [0.717, 1.165) is 47.8 Å². The molecule has 1 aromatic carbocycles. The van der Waals surface area contributed by atoms with Gasteiger partial charge < -0.3 is 15.2 Å². The van der Waals surface area contributed by atoms with Crippen molar-refractivity contribution in [1.29, 1.82) is 0 Å². The Morgan fingerprint density at radius 3 is 2.55 bits per heavy atom. The summed E-state index contributed by atoms with van der Waals surface area (Å²) < 4.78 is 2.15. The largest absolute Gasteiger partial charge is 0.349 e. The number of hydrogen-bond acceptors (Lipinski definition) is 2. The molecule has 0 unspecified atom stereocenters. The van der Waals surface area contributed by atoms with E-state index >= 15 is 0 Å². The van der Waals surface area contributed by atoms with Gasteiger partial charge in [0.2, 0.25) is 0 Å². The van der Waals surface area contributed by atoms with Crippen LogP contribution in [0.25, 0.3) is 0 Å². The molecular weight excluding hydrogens is 274 g/mol. The fourth-order valence-electron chi connectivity index (χ4n) is 2.76. The van der Waals surface area contributed by atoms with Gasteiger partial charge >= 0.3 is 0 Å². The van der Waals surface area contributed by atoms with Gasteiger partial charge in [-0.1, -0.05) is 25.1 Å². The Hall–Kier alpha value is -2.07. The molecule has 1 amide bonds. The second-order valence-corrected chi connectivity index (χ2v) is 5.42. The zero-order valence-corrected chi connectivity index (χ0v) is 13.9. The van der Waals surface area contributed by atoms with Gasteiger partial charge in [0.15, 0.2) is 0 Å². The molecule has 2 aromatic rings. The van der Waals surface area contributed by atoms with Gasteiger partial charge in [-0.05, 0) is 45.0 Å². The molecule has 4 heteroatoms. The van der Waals surface area contributed by atoms with E-state index in [4.69, 9.17) is 0 Å². The summed E-state index contributed by atoms with van der Waals surface area (Å²) in [5.41, 5.74) is 4.85. The van der Waals surface area contributed by atoms with Crippen molar-refractivity contribution in [3.8, 4) is 0 Å². The summed E-state index contributed by atoms with van der Waals surface area (Å²) in [7, 11) is 0. The molecule has 0 aliphatic carbocycles. The van der Waals surface area contributed by atoms with Gasteiger partial charge in [-0.3, -0.25) is 4.79 Å². The summed E-state index contributed by atoms with van der Waals surface area (Å²) in [4.78, 5) is 12.6. The molecular formula is C18H25N3O. The highest BCUT2D eigenvalue weighted by Crippen LogP contribution is 2.19. The first-order valence-corrected chi connectivity index (χ1v) is 7.85. The predicted molar refractivity (Wildman–Crippen MR) is 91.4 cm³/mol. The van der Waals surface area contributed by atoms with Gasteiger partial charge in [-0.2, -0.15) is 0 Å². The van der Waals surface area contributed by atoms with Crippen molar-refractivity contribution in [2.75, 3.05) is 11.9 Å². The van der Waals surface area contributed by atoms with E-state index in [1.807, 2.05) is 44.2 Å². The smallest absolute Gasteiger partial charge is 0.257 e. The molecule has 0 saturated carbocycles. The van der Waals surface area contributed by atoms with E-state index in [0.29, 0.717) is 0 Å². The van der Waals surface area contributed by atoms with Gasteiger partial charge in [-0.25, -0.2) is 0 Å². The van der Waals surface area contributed by atoms with Gasteiger partial charge in [0.1, 0.15) is 0 Å². The lowest BCUT2D eigenvalue weighted by atomic mass is 10.1.